The summed E-state index contributed by atoms with van der Waals surface area (Å²) in [6, 6.07) is 5.76. The molecule has 4 fully saturated rings. The zero-order valence-corrected chi connectivity index (χ0v) is 19.9. The Morgan fingerprint density at radius 1 is 1.00 bits per heavy atom. The average molecular weight is 472 g/mol. The number of ether oxygens (including phenoxy) is 2. The lowest BCUT2D eigenvalue weighted by molar-refractivity contribution is -0.00577. The Labute approximate surface area is 200 Å². The van der Waals surface area contributed by atoms with Gasteiger partial charge >= 0.3 is 12.2 Å². The lowest BCUT2D eigenvalue weighted by Gasteiger charge is -2.47. The average Bonchev–Trinajstić information content (AvgIpc) is 3.26. The van der Waals surface area contributed by atoms with E-state index in [1.54, 1.807) is 17.0 Å². The summed E-state index contributed by atoms with van der Waals surface area (Å²) in [4.78, 5) is 31.5. The number of methoxy groups -OCH3 is 1. The van der Waals surface area contributed by atoms with Gasteiger partial charge in [0.2, 0.25) is 0 Å². The minimum absolute atomic E-state index is 0.0965. The molecule has 7 nitrogen and oxygen atoms in total. The molecule has 0 aromatic heterocycles. The van der Waals surface area contributed by atoms with Crippen LogP contribution in [0, 0.1) is 5.82 Å². The SMILES string of the molecule is COC(=O)N1CC2(CCN(C3CC4CCC(C3)N4C(=O)OC3CCC3)CC2)c2cc(F)ccc21. The lowest BCUT2D eigenvalue weighted by atomic mass is 9.73. The number of halogens is 1. The molecule has 0 radical (unpaired) electrons. The molecule has 1 aromatic carbocycles. The van der Waals surface area contributed by atoms with Crippen molar-refractivity contribution in [2.45, 2.75) is 87.4 Å². The molecule has 184 valence electrons. The van der Waals surface area contributed by atoms with Crippen LogP contribution in [0.25, 0.3) is 0 Å². The Bertz CT molecular complexity index is 961. The van der Waals surface area contributed by atoms with Crippen LogP contribution < -0.4 is 4.90 Å². The molecule has 34 heavy (non-hydrogen) atoms. The van der Waals surface area contributed by atoms with Crippen LogP contribution >= 0.6 is 0 Å². The van der Waals surface area contributed by atoms with Crippen molar-refractivity contribution in [2.24, 2.45) is 0 Å². The zero-order chi connectivity index (χ0) is 23.4. The minimum atomic E-state index is -0.384. The number of hydrogen-bond donors (Lipinski definition) is 0. The second-order valence-electron chi connectivity index (χ2n) is 10.9. The maximum Gasteiger partial charge on any atom is 0.414 e. The fourth-order valence-corrected chi connectivity index (χ4v) is 7.10. The van der Waals surface area contributed by atoms with Crippen molar-refractivity contribution in [3.8, 4) is 0 Å². The van der Waals surface area contributed by atoms with E-state index >= 15 is 0 Å². The van der Waals surface area contributed by atoms with E-state index < -0.39 is 0 Å². The zero-order valence-electron chi connectivity index (χ0n) is 19.9. The molecule has 0 N–H and O–H groups in total. The number of benzene rings is 1. The molecule has 2 amide bonds. The number of likely N-dealkylation sites (tertiary alicyclic amines) is 1. The fraction of sp³-hybridized carbons (Fsp3) is 0.692. The van der Waals surface area contributed by atoms with Crippen LogP contribution in [-0.4, -0.2) is 73.0 Å². The first-order valence-corrected chi connectivity index (χ1v) is 12.9. The van der Waals surface area contributed by atoms with Gasteiger partial charge in [-0.1, -0.05) is 0 Å². The molecule has 1 aliphatic carbocycles. The molecule has 1 aromatic rings. The summed E-state index contributed by atoms with van der Waals surface area (Å²) in [5.41, 5.74) is 1.48. The number of carbonyl (C=O) groups excluding carboxylic acids is 2. The molecule has 8 heteroatoms. The molecule has 5 aliphatic rings. The van der Waals surface area contributed by atoms with Gasteiger partial charge in [-0.25, -0.2) is 14.0 Å². The number of amides is 2. The summed E-state index contributed by atoms with van der Waals surface area (Å²) in [7, 11) is 1.39. The van der Waals surface area contributed by atoms with Crippen LogP contribution in [0.3, 0.4) is 0 Å². The third-order valence-corrected chi connectivity index (χ3v) is 9.19. The highest BCUT2D eigenvalue weighted by Crippen LogP contribution is 2.48. The molecule has 1 spiro atoms. The maximum absolute atomic E-state index is 14.2. The van der Waals surface area contributed by atoms with E-state index in [-0.39, 0.29) is 41.6 Å². The van der Waals surface area contributed by atoms with Crippen LogP contribution in [0.1, 0.15) is 63.4 Å². The van der Waals surface area contributed by atoms with Crippen molar-refractivity contribution in [1.82, 2.24) is 9.80 Å². The normalized spacial score (nSPS) is 30.2. The Morgan fingerprint density at radius 3 is 2.32 bits per heavy atom. The fourth-order valence-electron chi connectivity index (χ4n) is 7.10. The summed E-state index contributed by atoms with van der Waals surface area (Å²) in [6.45, 7) is 2.38. The van der Waals surface area contributed by atoms with Gasteiger partial charge in [-0.2, -0.15) is 0 Å². The van der Waals surface area contributed by atoms with E-state index in [0.717, 1.165) is 82.1 Å². The molecule has 1 saturated carbocycles. The van der Waals surface area contributed by atoms with Crippen LogP contribution in [0.5, 0.6) is 0 Å². The number of anilines is 1. The van der Waals surface area contributed by atoms with E-state index in [4.69, 9.17) is 9.47 Å². The van der Waals surface area contributed by atoms with Gasteiger partial charge in [-0.3, -0.25) is 4.90 Å². The summed E-state index contributed by atoms with van der Waals surface area (Å²) in [5.74, 6) is -0.259. The van der Waals surface area contributed by atoms with Crippen molar-refractivity contribution in [2.75, 3.05) is 31.6 Å². The van der Waals surface area contributed by atoms with Gasteiger partial charge in [0, 0.05) is 30.1 Å². The number of piperidine rings is 2. The topological polar surface area (TPSA) is 62.3 Å². The summed E-state index contributed by atoms with van der Waals surface area (Å²) in [6.07, 6.45) is 8.74. The predicted molar refractivity (Wildman–Crippen MR) is 124 cm³/mol. The number of fused-ring (bicyclic) bond motifs is 4. The van der Waals surface area contributed by atoms with Gasteiger partial charge in [0.15, 0.2) is 0 Å². The summed E-state index contributed by atoms with van der Waals surface area (Å²) in [5, 5.41) is 0. The minimum Gasteiger partial charge on any atom is -0.452 e. The van der Waals surface area contributed by atoms with Gasteiger partial charge in [-0.15, -0.1) is 0 Å². The molecular weight excluding hydrogens is 437 g/mol. The second-order valence-corrected chi connectivity index (χ2v) is 10.9. The third-order valence-electron chi connectivity index (χ3n) is 9.19. The summed E-state index contributed by atoms with van der Waals surface area (Å²) >= 11 is 0. The van der Waals surface area contributed by atoms with Crippen LogP contribution in [0.2, 0.25) is 0 Å². The molecule has 6 rings (SSSR count). The molecule has 4 heterocycles. The van der Waals surface area contributed by atoms with E-state index in [1.165, 1.54) is 13.2 Å². The third kappa shape index (κ3) is 3.56. The first-order chi connectivity index (χ1) is 16.5. The molecule has 2 atom stereocenters. The smallest absolute Gasteiger partial charge is 0.414 e. The Kier molecular flexibility index (Phi) is 5.47. The maximum atomic E-state index is 14.2. The molecule has 4 aliphatic heterocycles. The highest BCUT2D eigenvalue weighted by molar-refractivity contribution is 5.91. The van der Waals surface area contributed by atoms with Gasteiger partial charge in [0.05, 0.1) is 12.8 Å². The summed E-state index contributed by atoms with van der Waals surface area (Å²) < 4.78 is 24.9. The van der Waals surface area contributed by atoms with Crippen molar-refractivity contribution in [3.63, 3.8) is 0 Å². The molecular formula is C26H34FN3O4. The van der Waals surface area contributed by atoms with Crippen molar-refractivity contribution >= 4 is 17.9 Å². The van der Waals surface area contributed by atoms with E-state index in [2.05, 4.69) is 4.90 Å². The Hall–Kier alpha value is -2.35. The quantitative estimate of drug-likeness (QED) is 0.639. The van der Waals surface area contributed by atoms with Crippen molar-refractivity contribution in [1.29, 1.82) is 0 Å². The van der Waals surface area contributed by atoms with E-state index in [1.807, 2.05) is 4.90 Å². The predicted octanol–water partition coefficient (Wildman–Crippen LogP) is 4.43. The monoisotopic (exact) mass is 471 g/mol. The largest absolute Gasteiger partial charge is 0.452 e. The standard InChI is InChI=1S/C26H34FN3O4/c1-33-24(31)29-16-26(22-13-17(27)5-8-23(22)29)9-11-28(12-10-26)20-14-18-6-7-19(15-20)30(18)25(32)34-21-3-2-4-21/h5,8,13,18-21H,2-4,6-7,9-12,14-16H2,1H3. The van der Waals surface area contributed by atoms with E-state index in [9.17, 15) is 14.0 Å². The van der Waals surface area contributed by atoms with Gasteiger partial charge < -0.3 is 19.3 Å². The molecule has 3 saturated heterocycles. The molecule has 2 unspecified atom stereocenters. The highest BCUT2D eigenvalue weighted by Gasteiger charge is 2.50. The van der Waals surface area contributed by atoms with Crippen LogP contribution in [0.4, 0.5) is 19.7 Å². The lowest BCUT2D eigenvalue weighted by Crippen LogP contribution is -2.56. The molecule has 2 bridgehead atoms. The Balaban J connectivity index is 1.13. The van der Waals surface area contributed by atoms with Crippen LogP contribution in [0.15, 0.2) is 18.2 Å². The number of nitrogens with zero attached hydrogens (tertiary/aromatic N) is 3. The van der Waals surface area contributed by atoms with Crippen molar-refractivity contribution < 1.29 is 23.5 Å². The number of hydrogen-bond acceptors (Lipinski definition) is 5. The highest BCUT2D eigenvalue weighted by atomic mass is 19.1. The number of rotatable bonds is 2. The first kappa shape index (κ1) is 22.1. The van der Waals surface area contributed by atoms with Gasteiger partial charge in [0.25, 0.3) is 0 Å². The number of carbonyl (C=O) groups is 2. The first-order valence-electron chi connectivity index (χ1n) is 12.9. The second kappa shape index (κ2) is 8.40. The van der Waals surface area contributed by atoms with Crippen molar-refractivity contribution in [3.05, 3.63) is 29.6 Å². The van der Waals surface area contributed by atoms with Gasteiger partial charge in [-0.05, 0) is 94.6 Å². The Morgan fingerprint density at radius 2 is 1.71 bits per heavy atom. The van der Waals surface area contributed by atoms with Gasteiger partial charge in [0.1, 0.15) is 11.9 Å². The van der Waals surface area contributed by atoms with E-state index in [0.29, 0.717) is 12.6 Å². The van der Waals surface area contributed by atoms with Crippen LogP contribution in [-0.2, 0) is 14.9 Å².